The van der Waals surface area contributed by atoms with Crippen molar-refractivity contribution in [2.75, 3.05) is 0 Å². The number of aliphatic hydroxyl groups is 1. The molecule has 0 fully saturated rings. The van der Waals surface area contributed by atoms with Crippen LogP contribution in [0, 0.1) is 6.92 Å². The first kappa shape index (κ1) is 10.6. The summed E-state index contributed by atoms with van der Waals surface area (Å²) in [4.78, 5) is 4.90. The zero-order valence-corrected chi connectivity index (χ0v) is 9.88. The summed E-state index contributed by atoms with van der Waals surface area (Å²) in [5.74, 6) is 0. The van der Waals surface area contributed by atoms with E-state index < -0.39 is 6.10 Å². The van der Waals surface area contributed by atoms with Gasteiger partial charge in [0.25, 0.3) is 0 Å². The highest BCUT2D eigenvalue weighted by molar-refractivity contribution is 7.09. The van der Waals surface area contributed by atoms with Crippen LogP contribution in [0.2, 0.25) is 5.02 Å². The first-order chi connectivity index (χ1) is 7.11. The molecular weight excluding hydrogens is 234 g/mol. The van der Waals surface area contributed by atoms with Crippen LogP contribution in [0.1, 0.15) is 22.4 Å². The van der Waals surface area contributed by atoms with Gasteiger partial charge in [0.2, 0.25) is 0 Å². The Hall–Kier alpha value is -0.910. The van der Waals surface area contributed by atoms with Gasteiger partial charge < -0.3 is 5.11 Å². The molecule has 0 saturated carbocycles. The molecule has 0 spiro atoms. The summed E-state index contributed by atoms with van der Waals surface area (Å²) in [5.41, 5.74) is 3.13. The van der Waals surface area contributed by atoms with E-state index in [0.29, 0.717) is 10.7 Å². The molecule has 0 aliphatic heterocycles. The maximum absolute atomic E-state index is 10.1. The van der Waals surface area contributed by atoms with E-state index in [0.717, 1.165) is 10.6 Å². The summed E-state index contributed by atoms with van der Waals surface area (Å²) in [6, 6.07) is 0. The first-order valence-electron chi connectivity index (χ1n) is 4.36. The smallest absolute Gasteiger partial charge is 0.133 e. The van der Waals surface area contributed by atoms with Gasteiger partial charge in [-0.15, -0.1) is 11.3 Å². The average molecular weight is 244 g/mol. The third-order valence-corrected chi connectivity index (χ3v) is 3.50. The summed E-state index contributed by atoms with van der Waals surface area (Å²) in [7, 11) is 1.75. The first-order valence-corrected chi connectivity index (χ1v) is 5.62. The summed E-state index contributed by atoms with van der Waals surface area (Å²) in [5, 5.41) is 14.6. The maximum Gasteiger partial charge on any atom is 0.133 e. The van der Waals surface area contributed by atoms with Crippen molar-refractivity contribution >= 4 is 22.9 Å². The van der Waals surface area contributed by atoms with Crippen molar-refractivity contribution in [2.45, 2.75) is 13.0 Å². The van der Waals surface area contributed by atoms with E-state index >= 15 is 0 Å². The van der Waals surface area contributed by atoms with Crippen LogP contribution in [0.25, 0.3) is 0 Å². The number of halogens is 1. The van der Waals surface area contributed by atoms with Gasteiger partial charge in [0.1, 0.15) is 6.10 Å². The van der Waals surface area contributed by atoms with Crippen LogP contribution in [-0.2, 0) is 7.05 Å². The third-order valence-electron chi connectivity index (χ3n) is 2.23. The van der Waals surface area contributed by atoms with Crippen LogP contribution in [-0.4, -0.2) is 19.9 Å². The zero-order valence-electron chi connectivity index (χ0n) is 8.31. The van der Waals surface area contributed by atoms with Crippen LogP contribution < -0.4 is 0 Å². The van der Waals surface area contributed by atoms with Gasteiger partial charge in [0, 0.05) is 7.05 Å². The fraction of sp³-hybridized carbons (Fsp3) is 0.333. The van der Waals surface area contributed by atoms with E-state index in [2.05, 4.69) is 10.1 Å². The van der Waals surface area contributed by atoms with Crippen LogP contribution in [0.4, 0.5) is 0 Å². The van der Waals surface area contributed by atoms with E-state index in [1.807, 2.05) is 6.92 Å². The molecule has 4 nitrogen and oxygen atoms in total. The molecule has 2 aromatic rings. The highest BCUT2D eigenvalue weighted by Crippen LogP contribution is 2.31. The van der Waals surface area contributed by atoms with Gasteiger partial charge in [-0.05, 0) is 6.92 Å². The number of hydrogen-bond acceptors (Lipinski definition) is 4. The van der Waals surface area contributed by atoms with Gasteiger partial charge in [-0.25, -0.2) is 4.98 Å². The van der Waals surface area contributed by atoms with Crippen LogP contribution in [0.15, 0.2) is 11.7 Å². The van der Waals surface area contributed by atoms with Gasteiger partial charge in [-0.2, -0.15) is 5.10 Å². The van der Waals surface area contributed by atoms with E-state index in [9.17, 15) is 5.11 Å². The molecule has 2 heterocycles. The van der Waals surface area contributed by atoms with Crippen molar-refractivity contribution in [2.24, 2.45) is 7.05 Å². The lowest BCUT2D eigenvalue weighted by Gasteiger charge is -2.10. The highest BCUT2D eigenvalue weighted by Gasteiger charge is 2.21. The van der Waals surface area contributed by atoms with E-state index in [-0.39, 0.29) is 0 Å². The molecule has 0 bridgehead atoms. The Morgan fingerprint density at radius 2 is 2.33 bits per heavy atom. The molecular formula is C9H10ClN3OS. The molecule has 80 valence electrons. The Morgan fingerprint density at radius 3 is 2.80 bits per heavy atom. The molecule has 2 rings (SSSR count). The van der Waals surface area contributed by atoms with Crippen molar-refractivity contribution < 1.29 is 5.11 Å². The molecule has 6 heteroatoms. The number of nitrogens with zero attached hydrogens (tertiary/aromatic N) is 3. The largest absolute Gasteiger partial charge is 0.381 e. The molecule has 0 aliphatic carbocycles. The lowest BCUT2D eigenvalue weighted by Crippen LogP contribution is -2.06. The van der Waals surface area contributed by atoms with Crippen molar-refractivity contribution in [1.82, 2.24) is 14.8 Å². The Morgan fingerprint density at radius 1 is 1.60 bits per heavy atom. The summed E-state index contributed by atoms with van der Waals surface area (Å²) in [6.45, 7) is 1.86. The molecule has 2 aromatic heterocycles. The SMILES string of the molecule is Cc1ncsc1C(O)c1c(Cl)cnn1C. The van der Waals surface area contributed by atoms with E-state index in [4.69, 9.17) is 11.6 Å². The third kappa shape index (κ3) is 1.78. The summed E-state index contributed by atoms with van der Waals surface area (Å²) < 4.78 is 1.58. The average Bonchev–Trinajstić information content (AvgIpc) is 2.73. The topological polar surface area (TPSA) is 50.9 Å². The minimum absolute atomic E-state index is 0.470. The number of aromatic nitrogens is 3. The fourth-order valence-corrected chi connectivity index (χ4v) is 2.48. The minimum atomic E-state index is -0.752. The standard InChI is InChI=1S/C9H10ClN3OS/c1-5-9(15-4-11-5)8(14)7-6(10)3-12-13(7)2/h3-4,8,14H,1-2H3. The second-order valence-electron chi connectivity index (χ2n) is 3.21. The number of aryl methyl sites for hydroxylation is 2. The van der Waals surface area contributed by atoms with E-state index in [1.165, 1.54) is 17.5 Å². The number of thiazole rings is 1. The Labute approximate surface area is 96.1 Å². The Bertz CT molecular complexity index is 460. The van der Waals surface area contributed by atoms with Gasteiger partial charge in [0.15, 0.2) is 0 Å². The molecule has 0 aromatic carbocycles. The van der Waals surface area contributed by atoms with Crippen LogP contribution >= 0.6 is 22.9 Å². The lowest BCUT2D eigenvalue weighted by atomic mass is 10.2. The molecule has 0 saturated heterocycles. The minimum Gasteiger partial charge on any atom is -0.381 e. The molecule has 1 atom stereocenters. The maximum atomic E-state index is 10.1. The predicted molar refractivity (Wildman–Crippen MR) is 59.1 cm³/mol. The number of aliphatic hydroxyl groups excluding tert-OH is 1. The Kier molecular flexibility index (Phi) is 2.77. The van der Waals surface area contributed by atoms with Crippen molar-refractivity contribution in [3.63, 3.8) is 0 Å². The molecule has 1 N–H and O–H groups in total. The second kappa shape index (κ2) is 3.92. The van der Waals surface area contributed by atoms with Crippen LogP contribution in [0.5, 0.6) is 0 Å². The molecule has 0 amide bonds. The van der Waals surface area contributed by atoms with Gasteiger partial charge in [-0.1, -0.05) is 11.6 Å². The highest BCUT2D eigenvalue weighted by atomic mass is 35.5. The van der Waals surface area contributed by atoms with Gasteiger partial charge >= 0.3 is 0 Å². The number of rotatable bonds is 2. The monoisotopic (exact) mass is 243 g/mol. The second-order valence-corrected chi connectivity index (χ2v) is 4.50. The van der Waals surface area contributed by atoms with Crippen LogP contribution in [0.3, 0.4) is 0 Å². The van der Waals surface area contributed by atoms with Crippen molar-refractivity contribution in [3.05, 3.63) is 33.0 Å². The van der Waals surface area contributed by atoms with Gasteiger partial charge in [0.05, 0.1) is 33.0 Å². The summed E-state index contributed by atoms with van der Waals surface area (Å²) >= 11 is 7.36. The molecule has 0 radical (unpaired) electrons. The quantitative estimate of drug-likeness (QED) is 0.877. The van der Waals surface area contributed by atoms with E-state index in [1.54, 1.807) is 17.2 Å². The van der Waals surface area contributed by atoms with Crippen molar-refractivity contribution in [1.29, 1.82) is 0 Å². The molecule has 1 unspecified atom stereocenters. The number of hydrogen-bond donors (Lipinski definition) is 1. The molecule has 15 heavy (non-hydrogen) atoms. The normalized spacial score (nSPS) is 13.1. The summed E-state index contributed by atoms with van der Waals surface area (Å²) in [6.07, 6.45) is 0.772. The van der Waals surface area contributed by atoms with Gasteiger partial charge in [-0.3, -0.25) is 4.68 Å². The molecule has 0 aliphatic rings. The fourth-order valence-electron chi connectivity index (χ4n) is 1.43. The van der Waals surface area contributed by atoms with Crippen molar-refractivity contribution in [3.8, 4) is 0 Å². The Balaban J connectivity index is 2.45. The predicted octanol–water partition coefficient (Wildman–Crippen LogP) is 1.92. The zero-order chi connectivity index (χ0) is 11.0. The lowest BCUT2D eigenvalue weighted by molar-refractivity contribution is 0.212.